The highest BCUT2D eigenvalue weighted by Gasteiger charge is 3.01. The molecule has 0 bridgehead atoms. The number of hydrogen-bond donors (Lipinski definition) is 2. The van der Waals surface area contributed by atoms with Crippen LogP contribution in [0.1, 0.15) is 63.0 Å². The van der Waals surface area contributed by atoms with Crippen LogP contribution in [-0.2, 0) is 83.0 Å². The second-order valence-electron chi connectivity index (χ2n) is 35.4. The van der Waals surface area contributed by atoms with Gasteiger partial charge in [0, 0.05) is 13.0 Å². The minimum absolute atomic E-state index is 0.0345. The molecule has 1 saturated carbocycles. The van der Waals surface area contributed by atoms with Gasteiger partial charge in [0.05, 0.1) is 29.6 Å². The molecule has 32 aromatic rings. The van der Waals surface area contributed by atoms with Crippen LogP contribution in [0.25, 0.3) is 291 Å². The van der Waals surface area contributed by atoms with Gasteiger partial charge in [0.2, 0.25) is 12.2 Å². The van der Waals surface area contributed by atoms with Crippen LogP contribution in [0, 0.1) is 5.41 Å². The summed E-state index contributed by atoms with van der Waals surface area (Å²) in [4.78, 5) is 138. The molecule has 0 unspecified atom stereocenters. The van der Waals surface area contributed by atoms with Crippen molar-refractivity contribution < 1.29 is 57.2 Å². The van der Waals surface area contributed by atoms with Crippen LogP contribution >= 0.6 is 0 Å². The number of aromatic nitrogens is 3. The molecular weight excluding hydrogens is 1460 g/mol. The van der Waals surface area contributed by atoms with Gasteiger partial charge in [-0.15, -0.1) is 0 Å². The fourth-order valence-corrected chi connectivity index (χ4v) is 29.9. The summed E-state index contributed by atoms with van der Waals surface area (Å²) in [6, 6.07) is 25.4. The average Bonchev–Trinajstić information content (AvgIpc) is 1.35. The zero-order valence-corrected chi connectivity index (χ0v) is 59.5. The Hall–Kier alpha value is -14.7. The van der Waals surface area contributed by atoms with Crippen molar-refractivity contribution in [1.29, 1.82) is 0 Å². The predicted molar refractivity (Wildman–Crippen MR) is 442 cm³/mol. The predicted octanol–water partition coefficient (Wildman–Crippen LogP) is 17.4. The number of esters is 6. The molecule has 18 heteroatoms. The third-order valence-corrected chi connectivity index (χ3v) is 32.1. The molecule has 2 atom stereocenters. The Labute approximate surface area is 636 Å². The SMILES string of the molecule is O=C(CCCOC(=O)C1(C(=O)OCCCn2c(=O)[nH]c(=O)[nH]c2=O)C23c4c5c6c7c8c9c(c%10c%11c2c2c4c4c%12c5c5c6c6c8c8c%13c9c9c%10c%10c%11c%11c2c2c4c4c%12c%12c5c5c6c8c6c8c%13c9c9c%10c%10c%11c2c2c4c4c%12c5c6c5c8c9c%10c2c45)C713)O[C@H](C(=O)OCc1ccccc1)[C@H](OC(=O)c1ccccc1)C(=O)OCc1ccccc1. The average molecular weight is 1490 g/mol. The molecule has 5 aliphatic rings. The van der Waals surface area contributed by atoms with Crippen LogP contribution in [-0.4, -0.2) is 75.8 Å². The molecule has 2 N–H and O–H groups in total. The normalized spacial score (nSPS) is 19.5. The van der Waals surface area contributed by atoms with E-state index in [0.29, 0.717) is 11.1 Å². The molecule has 31 aromatic carbocycles. The number of aromatic amines is 2. The zero-order chi connectivity index (χ0) is 74.6. The van der Waals surface area contributed by atoms with Gasteiger partial charge in [-0.05, 0) is 349 Å². The largest absolute Gasteiger partial charge is 0.465 e. The van der Waals surface area contributed by atoms with Crippen molar-refractivity contribution >= 4 is 327 Å². The van der Waals surface area contributed by atoms with E-state index < -0.39 is 94.4 Å². The van der Waals surface area contributed by atoms with E-state index in [1.807, 2.05) is 0 Å². The maximum atomic E-state index is 18.2. The van der Waals surface area contributed by atoms with Gasteiger partial charge in [-0.2, -0.15) is 0 Å². The first kappa shape index (κ1) is 54.9. The van der Waals surface area contributed by atoms with E-state index in [9.17, 15) is 28.8 Å². The van der Waals surface area contributed by atoms with E-state index in [2.05, 4.69) is 9.97 Å². The Balaban J connectivity index is 0.610. The van der Waals surface area contributed by atoms with Gasteiger partial charge >= 0.3 is 52.9 Å². The number of carbonyl (C=O) groups is 6. The summed E-state index contributed by atoms with van der Waals surface area (Å²) >= 11 is 0. The van der Waals surface area contributed by atoms with Crippen molar-refractivity contribution in [1.82, 2.24) is 14.5 Å². The number of benzene rings is 21. The number of carbonyl (C=O) groups excluding carboxylic acids is 6. The molecule has 532 valence electrons. The summed E-state index contributed by atoms with van der Waals surface area (Å²) in [5.74, 6) is -6.10. The minimum Gasteiger partial charge on any atom is -0.465 e. The number of ether oxygens (including phenoxy) is 6. The fourth-order valence-electron chi connectivity index (χ4n) is 29.9. The van der Waals surface area contributed by atoms with Gasteiger partial charge in [0.25, 0.3) is 0 Å². The smallest absolute Gasteiger partial charge is 0.352 e. The summed E-state index contributed by atoms with van der Waals surface area (Å²) in [5, 5.41) is 70.0. The summed E-state index contributed by atoms with van der Waals surface area (Å²) in [6.45, 7) is -1.66. The molecule has 1 fully saturated rings. The Morgan fingerprint density at radius 1 is 0.310 bits per heavy atom. The molecule has 37 rings (SSSR count). The second kappa shape index (κ2) is 15.4. The number of H-pyrrole nitrogens is 2. The first-order valence-electron chi connectivity index (χ1n) is 39.9. The second-order valence-corrected chi connectivity index (χ2v) is 35.4. The van der Waals surface area contributed by atoms with Crippen molar-refractivity contribution in [3.8, 4) is 0 Å². The molecule has 5 aliphatic carbocycles. The van der Waals surface area contributed by atoms with E-state index in [4.69, 9.17) is 28.4 Å². The lowest BCUT2D eigenvalue weighted by atomic mass is 9.68. The van der Waals surface area contributed by atoms with E-state index in [0.717, 1.165) is 69.9 Å². The third kappa shape index (κ3) is 4.27. The van der Waals surface area contributed by atoms with Crippen molar-refractivity contribution in [2.45, 2.75) is 62.1 Å². The Morgan fingerprint density at radius 2 is 0.569 bits per heavy atom. The van der Waals surface area contributed by atoms with Crippen LogP contribution < -0.4 is 17.1 Å². The molecule has 1 heterocycles. The van der Waals surface area contributed by atoms with Crippen LogP contribution in [0.3, 0.4) is 0 Å². The zero-order valence-electron chi connectivity index (χ0n) is 59.5. The molecular formula is C98H35N3O15. The van der Waals surface area contributed by atoms with Gasteiger partial charge < -0.3 is 28.4 Å². The lowest BCUT2D eigenvalue weighted by Gasteiger charge is -2.32. The topological polar surface area (TPSA) is 246 Å². The van der Waals surface area contributed by atoms with E-state index in [1.165, 1.54) is 260 Å². The van der Waals surface area contributed by atoms with Crippen molar-refractivity contribution in [2.75, 3.05) is 13.2 Å². The van der Waals surface area contributed by atoms with E-state index in [1.54, 1.807) is 78.9 Å². The van der Waals surface area contributed by atoms with Crippen molar-refractivity contribution in [2.24, 2.45) is 5.41 Å². The van der Waals surface area contributed by atoms with E-state index >= 15 is 14.4 Å². The highest BCUT2D eigenvalue weighted by Crippen LogP contribution is 2.97. The molecule has 18 nitrogen and oxygen atoms in total. The Kier molecular flexibility index (Phi) is 7.30. The molecule has 2 spiro atoms. The number of nitrogens with one attached hydrogen (secondary N) is 2. The number of rotatable bonds is 20. The van der Waals surface area contributed by atoms with Gasteiger partial charge in [-0.3, -0.25) is 24.4 Å². The van der Waals surface area contributed by atoms with Gasteiger partial charge in [0.15, 0.2) is 5.41 Å². The van der Waals surface area contributed by atoms with Gasteiger partial charge in [-0.25, -0.2) is 33.3 Å². The molecule has 1 aromatic heterocycles. The van der Waals surface area contributed by atoms with Crippen LogP contribution in [0.15, 0.2) is 105 Å². The van der Waals surface area contributed by atoms with Crippen molar-refractivity contribution in [3.05, 3.63) is 161 Å². The molecule has 0 aliphatic heterocycles. The Morgan fingerprint density at radius 3 is 0.862 bits per heavy atom. The summed E-state index contributed by atoms with van der Waals surface area (Å²) in [6.07, 6.45) is -5.20. The lowest BCUT2D eigenvalue weighted by molar-refractivity contribution is -0.185. The maximum absolute atomic E-state index is 18.2. The highest BCUT2D eigenvalue weighted by molar-refractivity contribution is 6.82. The summed E-state index contributed by atoms with van der Waals surface area (Å²) in [7, 11) is 0. The summed E-state index contributed by atoms with van der Waals surface area (Å²) in [5.41, 5.74) is -3.05. The number of hydrogen-bond acceptors (Lipinski definition) is 15. The quantitative estimate of drug-likeness (QED) is 0.0237. The molecule has 116 heavy (non-hydrogen) atoms. The fraction of sp³-hybridized carbons (Fsp3) is 0.133. The van der Waals surface area contributed by atoms with Crippen LogP contribution in [0.2, 0.25) is 0 Å². The van der Waals surface area contributed by atoms with E-state index in [-0.39, 0.29) is 44.8 Å². The molecule has 0 radical (unpaired) electrons. The first-order valence-corrected chi connectivity index (χ1v) is 39.9. The van der Waals surface area contributed by atoms with Crippen LogP contribution in [0.5, 0.6) is 0 Å². The minimum atomic E-state index is -2.26. The van der Waals surface area contributed by atoms with Gasteiger partial charge in [0.1, 0.15) is 13.2 Å². The monoisotopic (exact) mass is 1490 g/mol. The first-order chi connectivity index (χ1) is 57.0. The highest BCUT2D eigenvalue weighted by atomic mass is 16.6. The van der Waals surface area contributed by atoms with Crippen molar-refractivity contribution in [3.63, 3.8) is 0 Å². The molecule has 0 amide bonds. The molecule has 0 saturated heterocycles. The maximum Gasteiger partial charge on any atom is 0.352 e. The number of nitrogens with zero attached hydrogens (tertiary/aromatic N) is 1. The summed E-state index contributed by atoms with van der Waals surface area (Å²) < 4.78 is 38.5. The Bertz CT molecular complexity index is 9460. The third-order valence-electron chi connectivity index (χ3n) is 32.1. The van der Waals surface area contributed by atoms with Crippen LogP contribution in [0.4, 0.5) is 0 Å². The standard InChI is InChI=1S/C98H35N3O15/c102-27(115-86(89(104)113-22-24-12-4-1-5-13-24)87(116-88(103)26-16-8-3-9-17-26)90(105)114-23-25-14-6-2-7-15-25)18-10-20-111-91(106)98(92(107)112-21-11-19-101-94(109)99-93(108)100-95(101)110)96-82-74-66-56-46-38-30-28-29-32-36-34(30)42-50-44(36)54-48-40(32)41-33(29)37-35-31(28)39(38)47-53-43(35)51-45(37)55-49(41)59-58(48)68-62(54)72-64(50)70(60(66)52(42)46)78(82)80(72)84-76(68)77-69(59)63(55)73-65(51)71-61(53)67(57(47)56)75(74)83(96)79(71)81(73)85(77)97(84,96)98/h1-9,12-17,86-87H,10-11,18-23H2,(H2,99,100,108,109,110)/t86-,87-,96?,97?,98?/m0/s1. The van der Waals surface area contributed by atoms with Gasteiger partial charge in [-0.1, -0.05) is 78.9 Å². The lowest BCUT2D eigenvalue weighted by Crippen LogP contribution is -2.47.